The van der Waals surface area contributed by atoms with Gasteiger partial charge in [-0.1, -0.05) is 44.5 Å². The van der Waals surface area contributed by atoms with E-state index in [2.05, 4.69) is 48.4 Å². The van der Waals surface area contributed by atoms with Crippen LogP contribution in [0.25, 0.3) is 0 Å². The van der Waals surface area contributed by atoms with Gasteiger partial charge in [-0.2, -0.15) is 0 Å². The second-order valence-corrected chi connectivity index (χ2v) is 5.17. The summed E-state index contributed by atoms with van der Waals surface area (Å²) in [4.78, 5) is 15.9. The Morgan fingerprint density at radius 1 is 1.19 bits per heavy atom. The summed E-state index contributed by atoms with van der Waals surface area (Å²) >= 11 is 0. The van der Waals surface area contributed by atoms with Crippen LogP contribution in [0, 0.1) is 0 Å². The highest BCUT2D eigenvalue weighted by molar-refractivity contribution is 5.25. The van der Waals surface area contributed by atoms with Gasteiger partial charge in [-0.05, 0) is 24.1 Å². The number of aryl methyl sites for hydroxylation is 1. The van der Waals surface area contributed by atoms with E-state index in [0.717, 1.165) is 19.4 Å². The third kappa shape index (κ3) is 4.26. The molecule has 1 atom stereocenters. The Morgan fingerprint density at radius 2 is 1.95 bits per heavy atom. The van der Waals surface area contributed by atoms with Gasteiger partial charge in [-0.25, -0.2) is 4.98 Å². The summed E-state index contributed by atoms with van der Waals surface area (Å²) in [5.41, 5.74) is 2.54. The molecule has 21 heavy (non-hydrogen) atoms. The number of hydrogen-bond acceptors (Lipinski definition) is 3. The summed E-state index contributed by atoms with van der Waals surface area (Å²) in [5.74, 6) is 0. The number of benzene rings is 1. The van der Waals surface area contributed by atoms with Gasteiger partial charge >= 0.3 is 0 Å². The van der Waals surface area contributed by atoms with Crippen molar-refractivity contribution >= 4 is 0 Å². The normalized spacial score (nSPS) is 12.3. The maximum Gasteiger partial charge on any atom is 0.253 e. The monoisotopic (exact) mass is 285 g/mol. The van der Waals surface area contributed by atoms with Crippen LogP contribution in [0.5, 0.6) is 0 Å². The minimum atomic E-state index is -0.0180. The molecule has 1 N–H and O–H groups in total. The molecule has 2 aromatic rings. The minimum Gasteiger partial charge on any atom is -0.309 e. The van der Waals surface area contributed by atoms with Gasteiger partial charge in [0.2, 0.25) is 0 Å². The standard InChI is InChI=1S/C17H23N3O/c1-3-5-14-6-8-15(9-7-14)16(19-4-2)12-20-13-18-11-10-17(20)21/h6-11,13,16,19H,3-5,12H2,1-2H3. The van der Waals surface area contributed by atoms with Crippen LogP contribution in [0.4, 0.5) is 0 Å². The zero-order chi connectivity index (χ0) is 15.1. The largest absolute Gasteiger partial charge is 0.309 e. The minimum absolute atomic E-state index is 0.0180. The molecule has 1 heterocycles. The maximum atomic E-state index is 11.8. The van der Waals surface area contributed by atoms with E-state index in [4.69, 9.17) is 0 Å². The van der Waals surface area contributed by atoms with Crippen LogP contribution in [0.3, 0.4) is 0 Å². The molecule has 0 fully saturated rings. The van der Waals surface area contributed by atoms with Crippen molar-refractivity contribution in [3.8, 4) is 0 Å². The summed E-state index contributed by atoms with van der Waals surface area (Å²) in [7, 11) is 0. The highest BCUT2D eigenvalue weighted by atomic mass is 16.1. The average Bonchev–Trinajstić information content (AvgIpc) is 2.50. The number of aromatic nitrogens is 2. The van der Waals surface area contributed by atoms with Crippen molar-refractivity contribution in [3.05, 3.63) is 64.3 Å². The van der Waals surface area contributed by atoms with Crippen LogP contribution >= 0.6 is 0 Å². The van der Waals surface area contributed by atoms with Crippen molar-refractivity contribution in [2.24, 2.45) is 0 Å². The average molecular weight is 285 g/mol. The van der Waals surface area contributed by atoms with E-state index >= 15 is 0 Å². The molecule has 0 aliphatic heterocycles. The molecular formula is C17H23N3O. The molecule has 0 aliphatic rings. The van der Waals surface area contributed by atoms with Crippen LogP contribution in [0.2, 0.25) is 0 Å². The molecule has 4 nitrogen and oxygen atoms in total. The number of hydrogen-bond donors (Lipinski definition) is 1. The molecule has 1 unspecified atom stereocenters. The number of nitrogens with zero attached hydrogens (tertiary/aromatic N) is 2. The van der Waals surface area contributed by atoms with E-state index in [9.17, 15) is 4.79 Å². The Labute approximate surface area is 125 Å². The van der Waals surface area contributed by atoms with Gasteiger partial charge in [0.1, 0.15) is 0 Å². The lowest BCUT2D eigenvalue weighted by Gasteiger charge is -2.19. The maximum absolute atomic E-state index is 11.8. The molecule has 0 saturated carbocycles. The highest BCUT2D eigenvalue weighted by Gasteiger charge is 2.11. The Morgan fingerprint density at radius 3 is 2.57 bits per heavy atom. The third-order valence-electron chi connectivity index (χ3n) is 3.54. The fourth-order valence-corrected chi connectivity index (χ4v) is 2.45. The Hall–Kier alpha value is -1.94. The lowest BCUT2D eigenvalue weighted by Crippen LogP contribution is -2.30. The van der Waals surface area contributed by atoms with Crippen LogP contribution in [-0.4, -0.2) is 16.1 Å². The van der Waals surface area contributed by atoms with Crippen molar-refractivity contribution in [2.75, 3.05) is 6.54 Å². The molecule has 1 aromatic carbocycles. The first-order valence-electron chi connectivity index (χ1n) is 7.57. The topological polar surface area (TPSA) is 46.9 Å². The molecule has 0 aliphatic carbocycles. The lowest BCUT2D eigenvalue weighted by atomic mass is 10.0. The Kier molecular flexibility index (Phi) is 5.69. The van der Waals surface area contributed by atoms with Gasteiger partial charge in [0.05, 0.1) is 12.4 Å². The van der Waals surface area contributed by atoms with Crippen molar-refractivity contribution < 1.29 is 0 Å². The highest BCUT2D eigenvalue weighted by Crippen LogP contribution is 2.16. The van der Waals surface area contributed by atoms with E-state index < -0.39 is 0 Å². The fraction of sp³-hybridized carbons (Fsp3) is 0.412. The van der Waals surface area contributed by atoms with Crippen molar-refractivity contribution in [3.63, 3.8) is 0 Å². The quantitative estimate of drug-likeness (QED) is 0.850. The van der Waals surface area contributed by atoms with Crippen LogP contribution < -0.4 is 10.9 Å². The van der Waals surface area contributed by atoms with E-state index in [-0.39, 0.29) is 11.6 Å². The molecule has 0 saturated heterocycles. The van der Waals surface area contributed by atoms with Crippen LogP contribution in [-0.2, 0) is 13.0 Å². The third-order valence-corrected chi connectivity index (χ3v) is 3.54. The van der Waals surface area contributed by atoms with Gasteiger partial charge in [0.15, 0.2) is 0 Å². The van der Waals surface area contributed by atoms with Crippen LogP contribution in [0.1, 0.15) is 37.4 Å². The number of rotatable bonds is 7. The molecule has 4 heteroatoms. The molecular weight excluding hydrogens is 262 g/mol. The zero-order valence-corrected chi connectivity index (χ0v) is 12.7. The van der Waals surface area contributed by atoms with Gasteiger partial charge in [0, 0.05) is 18.8 Å². The summed E-state index contributed by atoms with van der Waals surface area (Å²) in [6.45, 7) is 5.71. The molecule has 1 aromatic heterocycles. The first kappa shape index (κ1) is 15.4. The van der Waals surface area contributed by atoms with Crippen molar-refractivity contribution in [1.82, 2.24) is 14.9 Å². The predicted octanol–water partition coefficient (Wildman–Crippen LogP) is 2.55. The van der Waals surface area contributed by atoms with E-state index in [1.54, 1.807) is 10.9 Å². The molecule has 112 valence electrons. The molecule has 0 bridgehead atoms. The van der Waals surface area contributed by atoms with Crippen molar-refractivity contribution in [2.45, 2.75) is 39.3 Å². The van der Waals surface area contributed by atoms with E-state index in [0.29, 0.717) is 6.54 Å². The van der Waals surface area contributed by atoms with Gasteiger partial charge in [-0.3, -0.25) is 9.36 Å². The SMILES string of the molecule is CCCc1ccc(C(Cn2cnccc2=O)NCC)cc1. The van der Waals surface area contributed by atoms with E-state index in [1.807, 2.05) is 0 Å². The molecule has 0 spiro atoms. The number of nitrogens with one attached hydrogen (secondary N) is 1. The fourth-order valence-electron chi connectivity index (χ4n) is 2.45. The molecule has 2 rings (SSSR count). The van der Waals surface area contributed by atoms with Gasteiger partial charge < -0.3 is 5.32 Å². The smallest absolute Gasteiger partial charge is 0.253 e. The first-order valence-corrected chi connectivity index (χ1v) is 7.57. The molecule has 0 radical (unpaired) electrons. The van der Waals surface area contributed by atoms with Gasteiger partial charge in [-0.15, -0.1) is 0 Å². The van der Waals surface area contributed by atoms with E-state index in [1.165, 1.54) is 23.4 Å². The summed E-state index contributed by atoms with van der Waals surface area (Å²) < 4.78 is 1.65. The Bertz CT molecular complexity index is 604. The molecule has 0 amide bonds. The Balaban J connectivity index is 2.18. The summed E-state index contributed by atoms with van der Waals surface area (Å²) in [5, 5.41) is 3.44. The van der Waals surface area contributed by atoms with Crippen molar-refractivity contribution in [1.29, 1.82) is 0 Å². The summed E-state index contributed by atoms with van der Waals surface area (Å²) in [6, 6.07) is 10.3. The van der Waals surface area contributed by atoms with Crippen LogP contribution in [0.15, 0.2) is 47.7 Å². The van der Waals surface area contributed by atoms with Gasteiger partial charge in [0.25, 0.3) is 5.56 Å². The second kappa shape index (κ2) is 7.74. The first-order chi connectivity index (χ1) is 10.2. The zero-order valence-electron chi connectivity index (χ0n) is 12.7. The number of likely N-dealkylation sites (N-methyl/N-ethyl adjacent to an activating group) is 1. The lowest BCUT2D eigenvalue weighted by molar-refractivity contribution is 0.463. The predicted molar refractivity (Wildman–Crippen MR) is 85.4 cm³/mol. The summed E-state index contributed by atoms with van der Waals surface area (Å²) in [6.07, 6.45) is 5.38. The second-order valence-electron chi connectivity index (χ2n) is 5.17.